The van der Waals surface area contributed by atoms with E-state index in [1.165, 1.54) is 4.68 Å². The Morgan fingerprint density at radius 1 is 1.24 bits per heavy atom. The molecule has 2 heterocycles. The molecule has 2 aliphatic carbocycles. The second-order valence-corrected chi connectivity index (χ2v) is 7.14. The molecule has 1 unspecified atom stereocenters. The van der Waals surface area contributed by atoms with E-state index in [0.717, 1.165) is 26.7 Å². The van der Waals surface area contributed by atoms with Gasteiger partial charge in [0.2, 0.25) is 0 Å². The van der Waals surface area contributed by atoms with Crippen LogP contribution in [0.2, 0.25) is 0 Å². The Morgan fingerprint density at radius 2 is 1.97 bits per heavy atom. The number of amides is 1. The summed E-state index contributed by atoms with van der Waals surface area (Å²) in [5.74, 6) is -4.58. The summed E-state index contributed by atoms with van der Waals surface area (Å²) in [6.07, 6.45) is -1.75. The molecule has 1 fully saturated rings. The van der Waals surface area contributed by atoms with Crippen LogP contribution in [0, 0.1) is 5.92 Å². The number of ether oxygens (including phenoxy) is 1. The van der Waals surface area contributed by atoms with Crippen LogP contribution < -0.4 is 5.32 Å². The largest absolute Gasteiger partial charge is 0.465 e. The SMILES string of the molecule is COC(=O)C(C)(F)NC(=O)c1nn(-c2cnc(C(F)(F)F)cn2)c2c1C[C@H]1C[C@@H]21. The fraction of sp³-hybridized carbons (Fsp3) is 0.471. The highest BCUT2D eigenvalue weighted by Crippen LogP contribution is 2.57. The molecule has 0 radical (unpaired) electrons. The van der Waals surface area contributed by atoms with Crippen molar-refractivity contribution in [1.29, 1.82) is 0 Å². The molecule has 29 heavy (non-hydrogen) atoms. The van der Waals surface area contributed by atoms with Crippen molar-refractivity contribution in [1.82, 2.24) is 25.1 Å². The van der Waals surface area contributed by atoms with Gasteiger partial charge in [0.15, 0.2) is 17.2 Å². The number of methoxy groups -OCH3 is 1. The van der Waals surface area contributed by atoms with Crippen LogP contribution in [0.5, 0.6) is 0 Å². The number of fused-ring (bicyclic) bond motifs is 3. The highest BCUT2D eigenvalue weighted by molar-refractivity contribution is 5.97. The average molecular weight is 413 g/mol. The summed E-state index contributed by atoms with van der Waals surface area (Å²) in [5.41, 5.74) is -0.0563. The molecule has 0 aliphatic heterocycles. The van der Waals surface area contributed by atoms with Gasteiger partial charge in [-0.2, -0.15) is 18.3 Å². The van der Waals surface area contributed by atoms with Crippen LogP contribution in [0.25, 0.3) is 5.82 Å². The van der Waals surface area contributed by atoms with Gasteiger partial charge in [-0.25, -0.2) is 23.8 Å². The highest BCUT2D eigenvalue weighted by Gasteiger charge is 2.51. The molecule has 3 atom stereocenters. The first kappa shape index (κ1) is 19.3. The Bertz CT molecular complexity index is 1000. The topological polar surface area (TPSA) is 99.0 Å². The second-order valence-electron chi connectivity index (χ2n) is 7.14. The van der Waals surface area contributed by atoms with E-state index < -0.39 is 29.5 Å². The zero-order valence-corrected chi connectivity index (χ0v) is 15.2. The van der Waals surface area contributed by atoms with E-state index in [2.05, 4.69) is 19.8 Å². The Hall–Kier alpha value is -3.05. The van der Waals surface area contributed by atoms with Gasteiger partial charge >= 0.3 is 12.1 Å². The molecule has 2 aromatic heterocycles. The lowest BCUT2D eigenvalue weighted by atomic mass is 10.1. The van der Waals surface area contributed by atoms with Gasteiger partial charge in [-0.15, -0.1) is 0 Å². The minimum Gasteiger partial charge on any atom is -0.465 e. The summed E-state index contributed by atoms with van der Waals surface area (Å²) >= 11 is 0. The molecule has 0 saturated heterocycles. The van der Waals surface area contributed by atoms with Crippen molar-refractivity contribution in [3.05, 3.63) is 35.0 Å². The van der Waals surface area contributed by atoms with Crippen LogP contribution in [0.4, 0.5) is 17.6 Å². The van der Waals surface area contributed by atoms with Crippen molar-refractivity contribution < 1.29 is 31.9 Å². The van der Waals surface area contributed by atoms with Crippen LogP contribution in [0.3, 0.4) is 0 Å². The van der Waals surface area contributed by atoms with E-state index in [-0.39, 0.29) is 17.4 Å². The van der Waals surface area contributed by atoms with Gasteiger partial charge in [-0.3, -0.25) is 4.79 Å². The molecule has 2 aromatic rings. The van der Waals surface area contributed by atoms with Crippen molar-refractivity contribution in [2.24, 2.45) is 5.92 Å². The minimum atomic E-state index is -4.64. The third-order valence-electron chi connectivity index (χ3n) is 5.04. The van der Waals surface area contributed by atoms with Gasteiger partial charge in [-0.05, 0) is 25.7 Å². The number of aromatic nitrogens is 4. The van der Waals surface area contributed by atoms with Crippen LogP contribution in [-0.2, 0) is 22.1 Å². The first-order chi connectivity index (χ1) is 13.5. The van der Waals surface area contributed by atoms with Crippen molar-refractivity contribution in [3.63, 3.8) is 0 Å². The van der Waals surface area contributed by atoms with Crippen molar-refractivity contribution >= 4 is 11.9 Å². The Labute approximate surface area is 161 Å². The van der Waals surface area contributed by atoms with E-state index >= 15 is 0 Å². The Kier molecular flexibility index (Phi) is 4.14. The summed E-state index contributed by atoms with van der Waals surface area (Å²) in [6, 6.07) is 0. The number of alkyl halides is 4. The van der Waals surface area contributed by atoms with E-state index in [1.807, 2.05) is 5.32 Å². The van der Waals surface area contributed by atoms with E-state index in [4.69, 9.17) is 0 Å². The van der Waals surface area contributed by atoms with E-state index in [1.54, 1.807) is 0 Å². The van der Waals surface area contributed by atoms with Crippen molar-refractivity contribution in [2.45, 2.75) is 37.7 Å². The van der Waals surface area contributed by atoms with Gasteiger partial charge < -0.3 is 10.1 Å². The van der Waals surface area contributed by atoms with Gasteiger partial charge in [-0.1, -0.05) is 0 Å². The number of esters is 1. The minimum absolute atomic E-state index is 0.0110. The summed E-state index contributed by atoms with van der Waals surface area (Å²) in [5, 5.41) is 6.08. The number of hydrogen-bond donors (Lipinski definition) is 1. The molecular formula is C17H15F4N5O3. The number of carbonyl (C=O) groups excluding carboxylic acids is 2. The third kappa shape index (κ3) is 3.21. The maximum absolute atomic E-state index is 14.4. The normalized spacial score (nSPS) is 21.7. The van der Waals surface area contributed by atoms with Gasteiger partial charge in [0.05, 0.1) is 25.2 Å². The summed E-state index contributed by atoms with van der Waals surface area (Å²) in [4.78, 5) is 31.2. The highest BCUT2D eigenvalue weighted by atomic mass is 19.4. The number of rotatable bonds is 4. The quantitative estimate of drug-likeness (QED) is 0.467. The molecule has 8 nitrogen and oxygen atoms in total. The van der Waals surface area contributed by atoms with Crippen LogP contribution in [0.1, 0.15) is 46.7 Å². The number of carbonyl (C=O) groups is 2. The summed E-state index contributed by atoms with van der Waals surface area (Å²) < 4.78 is 58.1. The molecule has 1 amide bonds. The Morgan fingerprint density at radius 3 is 2.55 bits per heavy atom. The number of halogens is 4. The molecule has 154 valence electrons. The zero-order valence-electron chi connectivity index (χ0n) is 15.2. The average Bonchev–Trinajstić information content (AvgIpc) is 3.15. The lowest BCUT2D eigenvalue weighted by Crippen LogP contribution is -2.49. The van der Waals surface area contributed by atoms with E-state index in [0.29, 0.717) is 29.8 Å². The molecule has 1 saturated carbocycles. The number of nitrogens with zero attached hydrogens (tertiary/aromatic N) is 4. The molecule has 0 aromatic carbocycles. The molecular weight excluding hydrogens is 398 g/mol. The third-order valence-corrected chi connectivity index (χ3v) is 5.04. The molecule has 0 spiro atoms. The van der Waals surface area contributed by atoms with Crippen LogP contribution in [-0.4, -0.2) is 44.5 Å². The van der Waals surface area contributed by atoms with Gasteiger partial charge in [0, 0.05) is 11.5 Å². The maximum Gasteiger partial charge on any atom is 0.434 e. The number of hydrogen-bond acceptors (Lipinski definition) is 6. The number of nitrogens with one attached hydrogen (secondary N) is 1. The summed E-state index contributed by atoms with van der Waals surface area (Å²) in [7, 11) is 0.982. The smallest absolute Gasteiger partial charge is 0.434 e. The van der Waals surface area contributed by atoms with Gasteiger partial charge in [0.1, 0.15) is 0 Å². The lowest BCUT2D eigenvalue weighted by Gasteiger charge is -2.18. The van der Waals surface area contributed by atoms with Crippen LogP contribution >= 0.6 is 0 Å². The standard InChI is InChI=1S/C17H15F4N5O3/c1-16(18,15(28)29-2)24-14(27)12-9-4-7-3-8(7)13(9)26(25-12)11-6-22-10(5-23-11)17(19,20)21/h5-8H,3-4H2,1-2H3,(H,24,27)/t7-,8-,16?/m1/s1. The molecule has 2 aliphatic rings. The van der Waals surface area contributed by atoms with Crippen LogP contribution in [0.15, 0.2) is 12.4 Å². The zero-order chi connectivity index (χ0) is 21.1. The molecule has 0 bridgehead atoms. The van der Waals surface area contributed by atoms with Gasteiger partial charge in [0.25, 0.3) is 11.7 Å². The monoisotopic (exact) mass is 413 g/mol. The predicted octanol–water partition coefficient (Wildman–Crippen LogP) is 1.93. The fourth-order valence-corrected chi connectivity index (χ4v) is 3.56. The fourth-order valence-electron chi connectivity index (χ4n) is 3.56. The van der Waals surface area contributed by atoms with E-state index in [9.17, 15) is 27.2 Å². The van der Waals surface area contributed by atoms with Crippen molar-refractivity contribution in [2.75, 3.05) is 7.11 Å². The second kappa shape index (κ2) is 6.22. The lowest BCUT2D eigenvalue weighted by molar-refractivity contribution is -0.155. The molecule has 12 heteroatoms. The predicted molar refractivity (Wildman–Crippen MR) is 87.7 cm³/mol. The first-order valence-electron chi connectivity index (χ1n) is 8.64. The summed E-state index contributed by atoms with van der Waals surface area (Å²) in [6.45, 7) is 0.840. The maximum atomic E-state index is 14.4. The van der Waals surface area contributed by atoms with Crippen molar-refractivity contribution in [3.8, 4) is 5.82 Å². The molecule has 1 N–H and O–H groups in total. The first-order valence-corrected chi connectivity index (χ1v) is 8.64. The Balaban J connectivity index is 1.69. The molecule has 4 rings (SSSR count).